The smallest absolute Gasteiger partial charge is 0.225 e. The molecular weight excluding hydrogens is 507 g/mol. The van der Waals surface area contributed by atoms with E-state index in [1.54, 1.807) is 6.07 Å². The minimum atomic E-state index is -0.257. The second kappa shape index (κ2) is 11.3. The van der Waals surface area contributed by atoms with Crippen LogP contribution in [0.5, 0.6) is 0 Å². The van der Waals surface area contributed by atoms with E-state index in [2.05, 4.69) is 16.3 Å². The van der Waals surface area contributed by atoms with Crippen LogP contribution < -0.4 is 16.0 Å². The van der Waals surface area contributed by atoms with Gasteiger partial charge in [0, 0.05) is 53.7 Å². The van der Waals surface area contributed by atoms with Gasteiger partial charge in [-0.05, 0) is 68.5 Å². The molecule has 4 rings (SSSR count). The molecule has 3 N–H and O–H groups in total. The molecule has 0 radical (unpaired) electrons. The van der Waals surface area contributed by atoms with E-state index in [4.69, 9.17) is 40.5 Å². The Morgan fingerprint density at radius 3 is 2.20 bits per heavy atom. The number of rotatable bonds is 6. The van der Waals surface area contributed by atoms with Crippen LogP contribution >= 0.6 is 34.8 Å². The maximum Gasteiger partial charge on any atom is 0.225 e. The molecule has 2 aliphatic heterocycles. The zero-order chi connectivity index (χ0) is 25.1. The topological polar surface area (TPSA) is 78.7 Å². The molecule has 0 aliphatic carbocycles. The summed E-state index contributed by atoms with van der Waals surface area (Å²) in [5, 5.41) is 5.31. The van der Waals surface area contributed by atoms with Crippen molar-refractivity contribution in [1.82, 2.24) is 4.90 Å². The number of nitrogens with one attached hydrogen (secondary N) is 1. The number of likely N-dealkylation sites (tertiary alicyclic amines) is 1. The van der Waals surface area contributed by atoms with E-state index >= 15 is 0 Å². The highest BCUT2D eigenvalue weighted by atomic mass is 35.5. The van der Waals surface area contributed by atoms with E-state index in [1.165, 1.54) is 0 Å². The number of benzene rings is 2. The molecule has 2 saturated heterocycles. The van der Waals surface area contributed by atoms with Gasteiger partial charge in [-0.2, -0.15) is 0 Å². The highest BCUT2D eigenvalue weighted by Crippen LogP contribution is 2.34. The Balaban J connectivity index is 1.35. The molecule has 2 aliphatic rings. The van der Waals surface area contributed by atoms with Crippen molar-refractivity contribution < 1.29 is 9.59 Å². The van der Waals surface area contributed by atoms with Crippen molar-refractivity contribution in [1.29, 1.82) is 0 Å². The van der Waals surface area contributed by atoms with Crippen LogP contribution in [0.3, 0.4) is 0 Å². The van der Waals surface area contributed by atoms with Crippen LogP contribution in [0.15, 0.2) is 36.4 Å². The lowest BCUT2D eigenvalue weighted by atomic mass is 9.91. The van der Waals surface area contributed by atoms with Crippen LogP contribution in [-0.4, -0.2) is 42.9 Å². The predicted octanol–water partition coefficient (Wildman–Crippen LogP) is 5.76. The van der Waals surface area contributed by atoms with Gasteiger partial charge in [0.05, 0.1) is 16.8 Å². The largest absolute Gasteiger partial charge is 0.377 e. The van der Waals surface area contributed by atoms with E-state index < -0.39 is 0 Å². The molecule has 2 fully saturated rings. The van der Waals surface area contributed by atoms with Gasteiger partial charge in [-0.15, -0.1) is 0 Å². The summed E-state index contributed by atoms with van der Waals surface area (Å²) in [6.45, 7) is 4.87. The molecular formula is C26H31Cl3N4O2. The standard InChI is InChI=1S/C26H31Cl3N4O2/c1-16(21-4-2-19(27)14-23(21)29)31-24-15-20(3-5-22(24)28)32-10-8-18(9-11-32)26(35)33-12-6-17(7-13-33)25(30)34/h2-5,14-18,31H,6-13H2,1H3,(H2,30,34)/t16-/m1/s1. The van der Waals surface area contributed by atoms with Gasteiger partial charge >= 0.3 is 0 Å². The van der Waals surface area contributed by atoms with Crippen LogP contribution in [0, 0.1) is 11.8 Å². The number of amides is 2. The fraction of sp³-hybridized carbons (Fsp3) is 0.462. The highest BCUT2D eigenvalue weighted by Gasteiger charge is 2.32. The maximum absolute atomic E-state index is 13.0. The SMILES string of the molecule is C[C@@H](Nc1cc(N2CCC(C(=O)N3CCC(C(N)=O)CC3)CC2)ccc1Cl)c1ccc(Cl)cc1Cl. The lowest BCUT2D eigenvalue weighted by molar-refractivity contribution is -0.139. The maximum atomic E-state index is 13.0. The van der Waals surface area contributed by atoms with E-state index in [0.717, 1.165) is 42.9 Å². The minimum absolute atomic E-state index is 0.0216. The molecule has 0 saturated carbocycles. The van der Waals surface area contributed by atoms with Crippen molar-refractivity contribution in [3.05, 3.63) is 57.0 Å². The molecule has 6 nitrogen and oxygen atoms in total. The number of anilines is 2. The summed E-state index contributed by atoms with van der Waals surface area (Å²) in [7, 11) is 0. The number of nitrogens with zero attached hydrogens (tertiary/aromatic N) is 2. The number of halogens is 3. The first-order valence-corrected chi connectivity index (χ1v) is 13.2. The quantitative estimate of drug-likeness (QED) is 0.491. The van der Waals surface area contributed by atoms with Gasteiger partial charge < -0.3 is 20.9 Å². The zero-order valence-electron chi connectivity index (χ0n) is 19.8. The summed E-state index contributed by atoms with van der Waals surface area (Å²) in [4.78, 5) is 28.6. The van der Waals surface area contributed by atoms with Gasteiger partial charge in [-0.1, -0.05) is 40.9 Å². The Morgan fingerprint density at radius 1 is 0.914 bits per heavy atom. The first-order valence-electron chi connectivity index (χ1n) is 12.1. The summed E-state index contributed by atoms with van der Waals surface area (Å²) in [5.74, 6) is -0.132. The molecule has 2 aromatic carbocycles. The van der Waals surface area contributed by atoms with Gasteiger partial charge in [-0.25, -0.2) is 0 Å². The van der Waals surface area contributed by atoms with E-state index in [-0.39, 0.29) is 29.7 Å². The Kier molecular flexibility index (Phi) is 8.35. The van der Waals surface area contributed by atoms with Gasteiger partial charge in [0.1, 0.15) is 0 Å². The fourth-order valence-electron chi connectivity index (χ4n) is 5.01. The number of carbonyl (C=O) groups excluding carboxylic acids is 2. The summed E-state index contributed by atoms with van der Waals surface area (Å²) < 4.78 is 0. The molecule has 2 amide bonds. The monoisotopic (exact) mass is 536 g/mol. The van der Waals surface area contributed by atoms with Crippen molar-refractivity contribution in [3.8, 4) is 0 Å². The van der Waals surface area contributed by atoms with Gasteiger partial charge in [-0.3, -0.25) is 9.59 Å². The Morgan fingerprint density at radius 2 is 1.57 bits per heavy atom. The zero-order valence-corrected chi connectivity index (χ0v) is 22.0. The first-order chi connectivity index (χ1) is 16.7. The van der Waals surface area contributed by atoms with E-state index in [1.807, 2.05) is 36.1 Å². The third-order valence-electron chi connectivity index (χ3n) is 7.17. The molecule has 2 aromatic rings. The first kappa shape index (κ1) is 25.9. The Bertz CT molecular complexity index is 1080. The summed E-state index contributed by atoms with van der Waals surface area (Å²) in [6.07, 6.45) is 2.94. The molecule has 0 aromatic heterocycles. The third-order valence-corrected chi connectivity index (χ3v) is 8.06. The Labute approximate surface area is 221 Å². The second-order valence-electron chi connectivity index (χ2n) is 9.46. The average Bonchev–Trinajstić information content (AvgIpc) is 2.85. The summed E-state index contributed by atoms with van der Waals surface area (Å²) in [6, 6.07) is 11.4. The third kappa shape index (κ3) is 6.16. The molecule has 9 heteroatoms. The van der Waals surface area contributed by atoms with Crippen molar-refractivity contribution in [3.63, 3.8) is 0 Å². The predicted molar refractivity (Wildman–Crippen MR) is 143 cm³/mol. The van der Waals surface area contributed by atoms with Gasteiger partial charge in [0.15, 0.2) is 0 Å². The molecule has 1 atom stereocenters. The number of carbonyl (C=O) groups is 2. The number of hydrogen-bond acceptors (Lipinski definition) is 4. The lowest BCUT2D eigenvalue weighted by Crippen LogP contribution is -2.46. The van der Waals surface area contributed by atoms with Crippen molar-refractivity contribution in [2.45, 2.75) is 38.6 Å². The molecule has 0 bridgehead atoms. The molecule has 2 heterocycles. The molecule has 188 valence electrons. The normalized spacial score (nSPS) is 18.4. The summed E-state index contributed by atoms with van der Waals surface area (Å²) in [5.41, 5.74) is 8.26. The van der Waals surface area contributed by atoms with Gasteiger partial charge in [0.2, 0.25) is 11.8 Å². The fourth-order valence-corrected chi connectivity index (χ4v) is 5.76. The van der Waals surface area contributed by atoms with Crippen molar-refractivity contribution in [2.75, 3.05) is 36.4 Å². The van der Waals surface area contributed by atoms with Crippen molar-refractivity contribution in [2.24, 2.45) is 17.6 Å². The van der Waals surface area contributed by atoms with Crippen LogP contribution in [0.25, 0.3) is 0 Å². The molecule has 0 spiro atoms. The van der Waals surface area contributed by atoms with Crippen LogP contribution in [0.1, 0.15) is 44.2 Å². The molecule has 0 unspecified atom stereocenters. The molecule has 35 heavy (non-hydrogen) atoms. The second-order valence-corrected chi connectivity index (χ2v) is 10.7. The number of hydrogen-bond donors (Lipinski definition) is 2. The minimum Gasteiger partial charge on any atom is -0.377 e. The van der Waals surface area contributed by atoms with Crippen LogP contribution in [0.2, 0.25) is 15.1 Å². The lowest BCUT2D eigenvalue weighted by Gasteiger charge is -2.37. The Hall–Kier alpha value is -2.15. The highest BCUT2D eigenvalue weighted by molar-refractivity contribution is 6.35. The summed E-state index contributed by atoms with van der Waals surface area (Å²) >= 11 is 18.9. The van der Waals surface area contributed by atoms with Crippen molar-refractivity contribution >= 4 is 58.0 Å². The number of primary amides is 1. The average molecular weight is 538 g/mol. The van der Waals surface area contributed by atoms with E-state index in [9.17, 15) is 9.59 Å². The van der Waals surface area contributed by atoms with Gasteiger partial charge in [0.25, 0.3) is 0 Å². The van der Waals surface area contributed by atoms with Crippen LogP contribution in [0.4, 0.5) is 11.4 Å². The number of piperidine rings is 2. The van der Waals surface area contributed by atoms with E-state index in [0.29, 0.717) is 41.0 Å². The number of nitrogens with two attached hydrogens (primary N) is 1. The van der Waals surface area contributed by atoms with Crippen LogP contribution in [-0.2, 0) is 9.59 Å².